The molecule has 0 heterocycles. The first kappa shape index (κ1) is 10.3. The summed E-state index contributed by atoms with van der Waals surface area (Å²) in [7, 11) is 0. The van der Waals surface area contributed by atoms with Crippen molar-refractivity contribution in [1.29, 1.82) is 0 Å². The molecule has 0 N–H and O–H groups in total. The van der Waals surface area contributed by atoms with Gasteiger partial charge in [-0.2, -0.15) is 12.6 Å². The van der Waals surface area contributed by atoms with E-state index in [-0.39, 0.29) is 0 Å². The van der Waals surface area contributed by atoms with Crippen LogP contribution in [0.5, 0.6) is 0 Å². The Morgan fingerprint density at radius 1 is 1.40 bits per heavy atom. The minimum atomic E-state index is 0.455. The summed E-state index contributed by atoms with van der Waals surface area (Å²) in [5.74, 6) is 0. The standard InChI is InChI=1S/C9H19S/c1-5-8(10)6-7-9(2,3)4/h8,10H,1,5-7H2,2-4H3. The molecule has 1 unspecified atom stereocenters. The maximum Gasteiger partial charge on any atom is 0.00170 e. The Morgan fingerprint density at radius 2 is 1.90 bits per heavy atom. The van der Waals surface area contributed by atoms with Crippen LogP contribution >= 0.6 is 12.6 Å². The summed E-state index contributed by atoms with van der Waals surface area (Å²) in [6.45, 7) is 10.6. The topological polar surface area (TPSA) is 0 Å². The molecule has 0 aromatic heterocycles. The summed E-state index contributed by atoms with van der Waals surface area (Å²) in [5, 5.41) is 0.499. The summed E-state index contributed by atoms with van der Waals surface area (Å²) < 4.78 is 0. The monoisotopic (exact) mass is 159 g/mol. The van der Waals surface area contributed by atoms with Crippen molar-refractivity contribution in [1.82, 2.24) is 0 Å². The molecular weight excluding hydrogens is 140 g/mol. The second kappa shape index (κ2) is 4.27. The first-order valence-electron chi connectivity index (χ1n) is 3.93. The van der Waals surface area contributed by atoms with Gasteiger partial charge in [0.05, 0.1) is 0 Å². The first-order valence-corrected chi connectivity index (χ1v) is 4.44. The summed E-state index contributed by atoms with van der Waals surface area (Å²) in [5.41, 5.74) is 0.455. The van der Waals surface area contributed by atoms with Crippen molar-refractivity contribution in [3.8, 4) is 0 Å². The smallest absolute Gasteiger partial charge is 0.00170 e. The van der Waals surface area contributed by atoms with Crippen LogP contribution in [-0.4, -0.2) is 5.25 Å². The van der Waals surface area contributed by atoms with Gasteiger partial charge in [0.25, 0.3) is 0 Å². The molecule has 0 nitrogen and oxygen atoms in total. The summed E-state index contributed by atoms with van der Waals surface area (Å²) in [6, 6.07) is 0. The molecule has 0 aliphatic rings. The van der Waals surface area contributed by atoms with Gasteiger partial charge < -0.3 is 0 Å². The third kappa shape index (κ3) is 6.47. The van der Waals surface area contributed by atoms with Crippen molar-refractivity contribution in [2.45, 2.75) is 45.3 Å². The quantitative estimate of drug-likeness (QED) is 0.600. The first-order chi connectivity index (χ1) is 4.45. The molecule has 0 aromatic rings. The van der Waals surface area contributed by atoms with Crippen molar-refractivity contribution in [3.05, 3.63) is 6.92 Å². The fraction of sp³-hybridized carbons (Fsp3) is 0.889. The van der Waals surface area contributed by atoms with Gasteiger partial charge in [-0.15, -0.1) is 0 Å². The molecule has 0 spiro atoms. The van der Waals surface area contributed by atoms with E-state index in [1.807, 2.05) is 0 Å². The Labute approximate surface area is 70.8 Å². The minimum Gasteiger partial charge on any atom is -0.176 e. The van der Waals surface area contributed by atoms with Gasteiger partial charge in [0.2, 0.25) is 0 Å². The predicted octanol–water partition coefficient (Wildman–Crippen LogP) is 3.34. The third-order valence-electron chi connectivity index (χ3n) is 1.56. The molecule has 0 bridgehead atoms. The molecule has 61 valence electrons. The molecule has 0 aliphatic heterocycles. The van der Waals surface area contributed by atoms with E-state index in [9.17, 15) is 0 Å². The van der Waals surface area contributed by atoms with E-state index in [1.165, 1.54) is 12.8 Å². The molecule has 0 aliphatic carbocycles. The van der Waals surface area contributed by atoms with E-state index in [4.69, 9.17) is 0 Å². The average molecular weight is 159 g/mol. The molecule has 0 saturated carbocycles. The van der Waals surface area contributed by atoms with Gasteiger partial charge in [-0.25, -0.2) is 0 Å². The van der Waals surface area contributed by atoms with Gasteiger partial charge in [-0.05, 0) is 24.7 Å². The van der Waals surface area contributed by atoms with Gasteiger partial charge in [0, 0.05) is 5.25 Å². The highest BCUT2D eigenvalue weighted by atomic mass is 32.1. The van der Waals surface area contributed by atoms with Crippen LogP contribution in [0.4, 0.5) is 0 Å². The Kier molecular flexibility index (Phi) is 4.42. The SMILES string of the molecule is [CH2]CC(S)CCC(C)(C)C. The third-order valence-corrected chi connectivity index (χ3v) is 2.08. The second-order valence-corrected chi connectivity index (χ2v) is 4.77. The van der Waals surface area contributed by atoms with Crippen LogP contribution in [0.15, 0.2) is 0 Å². The van der Waals surface area contributed by atoms with Gasteiger partial charge in [0.1, 0.15) is 0 Å². The maximum atomic E-state index is 4.38. The lowest BCUT2D eigenvalue weighted by Gasteiger charge is -2.19. The maximum absolute atomic E-state index is 4.38. The zero-order valence-corrected chi connectivity index (χ0v) is 8.25. The zero-order valence-electron chi connectivity index (χ0n) is 7.35. The van der Waals surface area contributed by atoms with Crippen LogP contribution in [0.1, 0.15) is 40.0 Å². The van der Waals surface area contributed by atoms with Crippen LogP contribution in [-0.2, 0) is 0 Å². The Bertz CT molecular complexity index is 81.2. The van der Waals surface area contributed by atoms with E-state index >= 15 is 0 Å². The van der Waals surface area contributed by atoms with Crippen molar-refractivity contribution >= 4 is 12.6 Å². The van der Waals surface area contributed by atoms with Gasteiger partial charge in [-0.3, -0.25) is 0 Å². The van der Waals surface area contributed by atoms with Crippen LogP contribution in [0.3, 0.4) is 0 Å². The normalized spacial score (nSPS) is 15.3. The van der Waals surface area contributed by atoms with Gasteiger partial charge in [-0.1, -0.05) is 27.7 Å². The summed E-state index contributed by atoms with van der Waals surface area (Å²) >= 11 is 4.38. The molecule has 10 heavy (non-hydrogen) atoms. The fourth-order valence-electron chi connectivity index (χ4n) is 0.744. The Hall–Kier alpha value is 0.350. The zero-order chi connectivity index (χ0) is 8.20. The van der Waals surface area contributed by atoms with E-state index < -0.39 is 0 Å². The second-order valence-electron chi connectivity index (χ2n) is 4.04. The lowest BCUT2D eigenvalue weighted by atomic mass is 9.89. The lowest BCUT2D eigenvalue weighted by molar-refractivity contribution is 0.363. The summed E-state index contributed by atoms with van der Waals surface area (Å²) in [6.07, 6.45) is 3.38. The molecule has 0 amide bonds. The van der Waals surface area contributed by atoms with Crippen molar-refractivity contribution in [2.24, 2.45) is 5.41 Å². The number of thiol groups is 1. The Morgan fingerprint density at radius 3 is 2.20 bits per heavy atom. The van der Waals surface area contributed by atoms with E-state index in [0.29, 0.717) is 10.7 Å². The van der Waals surface area contributed by atoms with E-state index in [0.717, 1.165) is 6.42 Å². The average Bonchev–Trinajstić information content (AvgIpc) is 1.81. The van der Waals surface area contributed by atoms with Crippen LogP contribution in [0.2, 0.25) is 0 Å². The number of hydrogen-bond acceptors (Lipinski definition) is 1. The summed E-state index contributed by atoms with van der Waals surface area (Å²) in [4.78, 5) is 0. The van der Waals surface area contributed by atoms with E-state index in [1.54, 1.807) is 0 Å². The van der Waals surface area contributed by atoms with Crippen molar-refractivity contribution in [3.63, 3.8) is 0 Å². The molecule has 0 aromatic carbocycles. The number of rotatable bonds is 3. The number of hydrogen-bond donors (Lipinski definition) is 1. The van der Waals surface area contributed by atoms with Crippen LogP contribution in [0, 0.1) is 12.3 Å². The highest BCUT2D eigenvalue weighted by Gasteiger charge is 2.11. The molecular formula is C9H19S. The molecule has 0 fully saturated rings. The van der Waals surface area contributed by atoms with Gasteiger partial charge in [0.15, 0.2) is 0 Å². The molecule has 0 saturated heterocycles. The van der Waals surface area contributed by atoms with Crippen LogP contribution < -0.4 is 0 Å². The van der Waals surface area contributed by atoms with Crippen LogP contribution in [0.25, 0.3) is 0 Å². The largest absolute Gasteiger partial charge is 0.176 e. The Balaban J connectivity index is 3.36. The molecule has 1 radical (unpaired) electrons. The van der Waals surface area contributed by atoms with Crippen molar-refractivity contribution in [2.75, 3.05) is 0 Å². The fourth-order valence-corrected chi connectivity index (χ4v) is 0.873. The van der Waals surface area contributed by atoms with Gasteiger partial charge >= 0.3 is 0 Å². The molecule has 0 rings (SSSR count). The van der Waals surface area contributed by atoms with Crippen molar-refractivity contribution < 1.29 is 0 Å². The van der Waals surface area contributed by atoms with E-state index in [2.05, 4.69) is 40.3 Å². The molecule has 1 atom stereocenters. The predicted molar refractivity (Wildman–Crippen MR) is 51.4 cm³/mol. The molecule has 1 heteroatoms. The highest BCUT2D eigenvalue weighted by molar-refractivity contribution is 7.80. The lowest BCUT2D eigenvalue weighted by Crippen LogP contribution is -2.08. The minimum absolute atomic E-state index is 0.455. The highest BCUT2D eigenvalue weighted by Crippen LogP contribution is 2.23.